The molecular weight excluding hydrogens is 959 g/mol. The topological polar surface area (TPSA) is 95.9 Å². The molecule has 0 aliphatic heterocycles. The van der Waals surface area contributed by atoms with Gasteiger partial charge in [-0.05, 0) is 83.5 Å². The summed E-state index contributed by atoms with van der Waals surface area (Å²) in [6.45, 7) is 4.92. The summed E-state index contributed by atoms with van der Waals surface area (Å²) in [5, 5.41) is 23.2. The van der Waals surface area contributed by atoms with E-state index in [9.17, 15) is 19.8 Å². The van der Waals surface area contributed by atoms with Gasteiger partial charge >= 0.3 is 5.97 Å². The highest BCUT2D eigenvalue weighted by atomic mass is 16.5. The fourth-order valence-electron chi connectivity index (χ4n) is 11.0. The largest absolute Gasteiger partial charge is 0.466 e. The quantitative estimate of drug-likeness (QED) is 0.0320. The molecule has 0 radical (unpaired) electrons. The molecule has 0 aromatic carbocycles. The van der Waals surface area contributed by atoms with E-state index in [1.54, 1.807) is 6.08 Å². The number of allylic oxidation sites excluding steroid dienone is 5. The molecule has 0 aromatic heterocycles. The lowest BCUT2D eigenvalue weighted by Crippen LogP contribution is -2.45. The summed E-state index contributed by atoms with van der Waals surface area (Å²) < 4.78 is 5.48. The molecule has 0 aliphatic carbocycles. The first kappa shape index (κ1) is 76.1. The Hall–Kier alpha value is -1.92. The normalized spacial score (nSPS) is 12.7. The minimum Gasteiger partial charge on any atom is -0.466 e. The number of hydrogen-bond acceptors (Lipinski definition) is 5. The van der Waals surface area contributed by atoms with Gasteiger partial charge in [-0.3, -0.25) is 9.59 Å². The summed E-state index contributed by atoms with van der Waals surface area (Å²) in [5.41, 5.74) is 0. The Morgan fingerprint density at radius 2 is 0.603 bits per heavy atom. The summed E-state index contributed by atoms with van der Waals surface area (Å²) in [4.78, 5) is 24.6. The van der Waals surface area contributed by atoms with Gasteiger partial charge in [0.25, 0.3) is 0 Å². The Morgan fingerprint density at radius 1 is 0.346 bits per heavy atom. The molecule has 2 atom stereocenters. The number of hydrogen-bond donors (Lipinski definition) is 3. The molecular formula is C72H137NO5. The number of ether oxygens (including phenoxy) is 1. The molecule has 0 aromatic rings. The van der Waals surface area contributed by atoms with E-state index < -0.39 is 12.1 Å². The smallest absolute Gasteiger partial charge is 0.305 e. The second-order valence-corrected chi connectivity index (χ2v) is 24.2. The van der Waals surface area contributed by atoms with Gasteiger partial charge < -0.3 is 20.3 Å². The van der Waals surface area contributed by atoms with Crippen LogP contribution in [0.2, 0.25) is 0 Å². The van der Waals surface area contributed by atoms with E-state index >= 15 is 0 Å². The van der Waals surface area contributed by atoms with Crippen LogP contribution in [0.3, 0.4) is 0 Å². The average molecular weight is 1100 g/mol. The predicted molar refractivity (Wildman–Crippen MR) is 343 cm³/mol. The number of unbranched alkanes of at least 4 members (excludes halogenated alkanes) is 51. The zero-order chi connectivity index (χ0) is 56.4. The van der Waals surface area contributed by atoms with E-state index in [-0.39, 0.29) is 18.5 Å². The lowest BCUT2D eigenvalue weighted by Gasteiger charge is -2.20. The van der Waals surface area contributed by atoms with Gasteiger partial charge in [0, 0.05) is 12.8 Å². The number of amides is 1. The van der Waals surface area contributed by atoms with E-state index in [0.717, 1.165) is 44.9 Å². The van der Waals surface area contributed by atoms with Crippen LogP contribution in [-0.2, 0) is 14.3 Å². The summed E-state index contributed by atoms with van der Waals surface area (Å²) in [5.74, 6) is -0.0575. The highest BCUT2D eigenvalue weighted by Gasteiger charge is 2.18. The van der Waals surface area contributed by atoms with Crippen molar-refractivity contribution >= 4 is 11.9 Å². The lowest BCUT2D eigenvalue weighted by atomic mass is 10.0. The zero-order valence-corrected chi connectivity index (χ0v) is 52.7. The predicted octanol–water partition coefficient (Wildman–Crippen LogP) is 22.7. The number of rotatable bonds is 66. The number of carbonyl (C=O) groups excluding carboxylic acids is 2. The van der Waals surface area contributed by atoms with E-state index in [1.807, 2.05) is 6.08 Å². The minimum absolute atomic E-state index is 0.00728. The Kier molecular flexibility index (Phi) is 65.9. The molecule has 0 rings (SSSR count). The van der Waals surface area contributed by atoms with E-state index in [4.69, 9.17) is 4.74 Å². The van der Waals surface area contributed by atoms with Crippen molar-refractivity contribution in [3.05, 3.63) is 36.5 Å². The van der Waals surface area contributed by atoms with E-state index in [1.165, 1.54) is 315 Å². The lowest BCUT2D eigenvalue weighted by molar-refractivity contribution is -0.143. The molecule has 460 valence electrons. The van der Waals surface area contributed by atoms with Crippen LogP contribution in [0.5, 0.6) is 0 Å². The summed E-state index contributed by atoms with van der Waals surface area (Å²) in [6.07, 6.45) is 86.5. The van der Waals surface area contributed by atoms with Gasteiger partial charge in [-0.1, -0.05) is 326 Å². The van der Waals surface area contributed by atoms with Crippen molar-refractivity contribution in [2.24, 2.45) is 0 Å². The Balaban J connectivity index is 3.40. The standard InChI is InChI=1S/C72H137NO5/c1-3-5-7-9-11-13-15-17-19-20-31-34-37-40-44-48-52-56-60-64-70(75)69(68-74)73-71(76)65-61-57-53-49-45-41-38-35-32-29-27-25-23-21-22-24-26-28-30-33-36-39-43-47-51-55-59-63-67-78-72(77)66-62-58-54-50-46-42-18-16-14-12-10-8-6-4-2/h16,18,21-22,60,64,69-70,74-75H,3-15,17,19-20,23-59,61-63,65-68H2,1-2H3,(H,73,76)/b18-16-,22-21-,64-60+. The summed E-state index contributed by atoms with van der Waals surface area (Å²) in [6, 6.07) is -0.629. The second-order valence-electron chi connectivity index (χ2n) is 24.2. The van der Waals surface area contributed by atoms with Gasteiger partial charge in [-0.25, -0.2) is 0 Å². The first-order chi connectivity index (χ1) is 38.5. The number of aliphatic hydroxyl groups is 2. The summed E-state index contributed by atoms with van der Waals surface area (Å²) in [7, 11) is 0. The van der Waals surface area contributed by atoms with E-state index in [2.05, 4.69) is 43.5 Å². The van der Waals surface area contributed by atoms with Gasteiger partial charge in [0.2, 0.25) is 5.91 Å². The first-order valence-corrected chi connectivity index (χ1v) is 35.3. The fourth-order valence-corrected chi connectivity index (χ4v) is 11.0. The van der Waals surface area contributed by atoms with Crippen LogP contribution in [-0.4, -0.2) is 47.4 Å². The molecule has 0 heterocycles. The second kappa shape index (κ2) is 67.6. The van der Waals surface area contributed by atoms with Crippen LogP contribution in [0.15, 0.2) is 36.5 Å². The van der Waals surface area contributed by atoms with Crippen LogP contribution >= 0.6 is 0 Å². The average Bonchev–Trinajstić information content (AvgIpc) is 3.44. The van der Waals surface area contributed by atoms with Gasteiger partial charge in [0.05, 0.1) is 25.4 Å². The van der Waals surface area contributed by atoms with Gasteiger partial charge in [0.1, 0.15) is 0 Å². The molecule has 6 nitrogen and oxygen atoms in total. The van der Waals surface area contributed by atoms with Gasteiger partial charge in [-0.2, -0.15) is 0 Å². The molecule has 0 fully saturated rings. The third-order valence-corrected chi connectivity index (χ3v) is 16.4. The molecule has 78 heavy (non-hydrogen) atoms. The Labute approximate surface area is 487 Å². The molecule has 0 saturated carbocycles. The van der Waals surface area contributed by atoms with Crippen LogP contribution in [0.1, 0.15) is 386 Å². The third kappa shape index (κ3) is 63.3. The van der Waals surface area contributed by atoms with Crippen molar-refractivity contribution in [2.45, 2.75) is 398 Å². The van der Waals surface area contributed by atoms with Crippen LogP contribution in [0.25, 0.3) is 0 Å². The number of aliphatic hydroxyl groups excluding tert-OH is 2. The van der Waals surface area contributed by atoms with Crippen molar-refractivity contribution in [3.63, 3.8) is 0 Å². The monoisotopic (exact) mass is 1100 g/mol. The van der Waals surface area contributed by atoms with Gasteiger partial charge in [0.15, 0.2) is 0 Å². The van der Waals surface area contributed by atoms with Crippen LogP contribution in [0.4, 0.5) is 0 Å². The minimum atomic E-state index is -0.845. The Morgan fingerprint density at radius 3 is 0.910 bits per heavy atom. The SMILES string of the molecule is CCCCCCC/C=C\CCCCCCCC(=O)OCCCCCCCCCCCCCC/C=C\CCCCCCCCCCCCCCC(=O)NC(CO)C(O)/C=C/CCCCCCCCCCCCCCCCCCC. The van der Waals surface area contributed by atoms with E-state index in [0.29, 0.717) is 19.4 Å². The van der Waals surface area contributed by atoms with Gasteiger partial charge in [-0.15, -0.1) is 0 Å². The summed E-state index contributed by atoms with van der Waals surface area (Å²) >= 11 is 0. The number of carbonyl (C=O) groups is 2. The molecule has 2 unspecified atom stereocenters. The number of esters is 1. The maximum Gasteiger partial charge on any atom is 0.305 e. The molecule has 0 bridgehead atoms. The van der Waals surface area contributed by atoms with Crippen LogP contribution < -0.4 is 5.32 Å². The maximum atomic E-state index is 12.5. The Bertz CT molecular complexity index is 1260. The molecule has 0 aliphatic rings. The van der Waals surface area contributed by atoms with Crippen molar-refractivity contribution in [1.29, 1.82) is 0 Å². The highest BCUT2D eigenvalue weighted by molar-refractivity contribution is 5.76. The molecule has 0 saturated heterocycles. The molecule has 1 amide bonds. The van der Waals surface area contributed by atoms with Crippen molar-refractivity contribution in [2.75, 3.05) is 13.2 Å². The fraction of sp³-hybridized carbons (Fsp3) is 0.889. The van der Waals surface area contributed by atoms with Crippen LogP contribution in [0, 0.1) is 0 Å². The number of nitrogens with one attached hydrogen (secondary N) is 1. The van der Waals surface area contributed by atoms with Crippen molar-refractivity contribution in [3.8, 4) is 0 Å². The third-order valence-electron chi connectivity index (χ3n) is 16.4. The molecule has 6 heteroatoms. The zero-order valence-electron chi connectivity index (χ0n) is 52.7. The highest BCUT2D eigenvalue weighted by Crippen LogP contribution is 2.18. The molecule has 0 spiro atoms. The first-order valence-electron chi connectivity index (χ1n) is 35.3. The molecule has 3 N–H and O–H groups in total. The van der Waals surface area contributed by atoms with Crippen molar-refractivity contribution in [1.82, 2.24) is 5.32 Å². The van der Waals surface area contributed by atoms with Crippen molar-refractivity contribution < 1.29 is 24.5 Å². The maximum absolute atomic E-state index is 12.5.